The van der Waals surface area contributed by atoms with Gasteiger partial charge >= 0.3 is 0 Å². The molecule has 132 valence electrons. The number of amides is 1. The third-order valence-electron chi connectivity index (χ3n) is 3.94. The van der Waals surface area contributed by atoms with Crippen molar-refractivity contribution < 1.29 is 18.7 Å². The molecule has 0 spiro atoms. The van der Waals surface area contributed by atoms with E-state index in [4.69, 9.17) is 25.5 Å². The molecule has 1 N–H and O–H groups in total. The van der Waals surface area contributed by atoms with E-state index in [0.717, 1.165) is 17.4 Å². The SMILES string of the molecule is O=C(/C=C/c1cc2ccccc2o1)Nc1cc2c(cc1Cl)OCCCO2. The molecule has 2 heterocycles. The van der Waals surface area contributed by atoms with Crippen LogP contribution in [0.15, 0.2) is 53.0 Å². The Kier molecular flexibility index (Phi) is 4.54. The van der Waals surface area contributed by atoms with Crippen LogP contribution in [0.25, 0.3) is 17.0 Å². The highest BCUT2D eigenvalue weighted by Crippen LogP contribution is 2.37. The molecule has 26 heavy (non-hydrogen) atoms. The number of hydrogen-bond donors (Lipinski definition) is 1. The number of halogens is 1. The van der Waals surface area contributed by atoms with E-state index in [1.54, 1.807) is 18.2 Å². The lowest BCUT2D eigenvalue weighted by molar-refractivity contribution is -0.111. The van der Waals surface area contributed by atoms with Crippen molar-refractivity contribution in [3.05, 3.63) is 59.3 Å². The number of para-hydroxylation sites is 1. The number of ether oxygens (including phenoxy) is 2. The molecule has 2 aromatic carbocycles. The number of carbonyl (C=O) groups excluding carboxylic acids is 1. The van der Waals surface area contributed by atoms with Crippen LogP contribution in [0.5, 0.6) is 11.5 Å². The summed E-state index contributed by atoms with van der Waals surface area (Å²) in [5.74, 6) is 1.44. The van der Waals surface area contributed by atoms with Gasteiger partial charge in [-0.05, 0) is 18.2 Å². The van der Waals surface area contributed by atoms with Crippen LogP contribution >= 0.6 is 11.6 Å². The van der Waals surface area contributed by atoms with Crippen LogP contribution < -0.4 is 14.8 Å². The Morgan fingerprint density at radius 2 is 1.85 bits per heavy atom. The Hall–Kier alpha value is -2.92. The molecule has 4 rings (SSSR count). The second kappa shape index (κ2) is 7.14. The highest BCUT2D eigenvalue weighted by molar-refractivity contribution is 6.34. The van der Waals surface area contributed by atoms with E-state index >= 15 is 0 Å². The van der Waals surface area contributed by atoms with Crippen LogP contribution in [-0.4, -0.2) is 19.1 Å². The van der Waals surface area contributed by atoms with E-state index in [1.807, 2.05) is 30.3 Å². The molecule has 0 fully saturated rings. The number of furan rings is 1. The monoisotopic (exact) mass is 369 g/mol. The quantitative estimate of drug-likeness (QED) is 0.667. The van der Waals surface area contributed by atoms with Crippen LogP contribution in [0, 0.1) is 0 Å². The average molecular weight is 370 g/mol. The first kappa shape index (κ1) is 16.5. The molecule has 0 saturated carbocycles. The number of hydrogen-bond acceptors (Lipinski definition) is 4. The molecule has 3 aromatic rings. The predicted molar refractivity (Wildman–Crippen MR) is 101 cm³/mol. The molecule has 0 unspecified atom stereocenters. The number of anilines is 1. The van der Waals surface area contributed by atoms with Crippen LogP contribution in [0.2, 0.25) is 5.02 Å². The first-order valence-electron chi connectivity index (χ1n) is 8.26. The summed E-state index contributed by atoms with van der Waals surface area (Å²) in [6, 6.07) is 12.9. The minimum atomic E-state index is -0.318. The first-order chi connectivity index (χ1) is 12.7. The number of fused-ring (bicyclic) bond motifs is 2. The Morgan fingerprint density at radius 3 is 2.65 bits per heavy atom. The number of rotatable bonds is 3. The number of benzene rings is 2. The summed E-state index contributed by atoms with van der Waals surface area (Å²) in [6.45, 7) is 1.14. The zero-order valence-corrected chi connectivity index (χ0v) is 14.6. The minimum absolute atomic E-state index is 0.318. The van der Waals surface area contributed by atoms with Crippen molar-refractivity contribution >= 4 is 40.2 Å². The molecule has 5 nitrogen and oxygen atoms in total. The van der Waals surface area contributed by atoms with E-state index < -0.39 is 0 Å². The molecule has 1 aromatic heterocycles. The maximum Gasteiger partial charge on any atom is 0.248 e. The largest absolute Gasteiger partial charge is 0.490 e. The van der Waals surface area contributed by atoms with Crippen molar-refractivity contribution in [2.24, 2.45) is 0 Å². The van der Waals surface area contributed by atoms with Gasteiger partial charge in [0.1, 0.15) is 11.3 Å². The predicted octanol–water partition coefficient (Wildman–Crippen LogP) is 4.90. The molecule has 1 amide bonds. The summed E-state index contributed by atoms with van der Waals surface area (Å²) in [5.41, 5.74) is 1.24. The molecule has 0 atom stereocenters. The highest BCUT2D eigenvalue weighted by atomic mass is 35.5. The number of nitrogens with one attached hydrogen (secondary N) is 1. The standard InChI is InChI=1S/C20H16ClNO4/c21-15-11-18-19(25-9-3-8-24-18)12-16(15)22-20(23)7-6-14-10-13-4-1-2-5-17(13)26-14/h1-2,4-7,10-12H,3,8-9H2,(H,22,23)/b7-6+. The summed E-state index contributed by atoms with van der Waals surface area (Å²) in [7, 11) is 0. The van der Waals surface area contributed by atoms with Gasteiger partial charge in [0.25, 0.3) is 0 Å². The van der Waals surface area contributed by atoms with Gasteiger partial charge in [-0.1, -0.05) is 29.8 Å². The van der Waals surface area contributed by atoms with Crippen LogP contribution in [0.1, 0.15) is 12.2 Å². The second-order valence-electron chi connectivity index (χ2n) is 5.84. The summed E-state index contributed by atoms with van der Waals surface area (Å²) >= 11 is 6.24. The average Bonchev–Trinajstić information content (AvgIpc) is 2.92. The highest BCUT2D eigenvalue weighted by Gasteiger charge is 2.15. The number of carbonyl (C=O) groups is 1. The molecule has 1 aliphatic heterocycles. The molecule has 0 radical (unpaired) electrons. The lowest BCUT2D eigenvalue weighted by atomic mass is 10.2. The van der Waals surface area contributed by atoms with Crippen LogP contribution in [0.3, 0.4) is 0 Å². The smallest absolute Gasteiger partial charge is 0.248 e. The van der Waals surface area contributed by atoms with Gasteiger partial charge < -0.3 is 19.2 Å². The van der Waals surface area contributed by atoms with E-state index in [1.165, 1.54) is 6.08 Å². The topological polar surface area (TPSA) is 60.7 Å². The van der Waals surface area contributed by atoms with E-state index in [-0.39, 0.29) is 5.91 Å². The van der Waals surface area contributed by atoms with Crippen LogP contribution in [-0.2, 0) is 4.79 Å². The molecule has 0 bridgehead atoms. The lowest BCUT2D eigenvalue weighted by Gasteiger charge is -2.11. The zero-order chi connectivity index (χ0) is 17.9. The fraction of sp³-hybridized carbons (Fsp3) is 0.150. The van der Waals surface area contributed by atoms with E-state index in [0.29, 0.717) is 41.2 Å². The molecule has 1 aliphatic rings. The van der Waals surface area contributed by atoms with E-state index in [9.17, 15) is 4.79 Å². The maximum atomic E-state index is 12.2. The van der Waals surface area contributed by atoms with Crippen molar-refractivity contribution in [1.82, 2.24) is 0 Å². The van der Waals surface area contributed by atoms with Crippen molar-refractivity contribution in [2.75, 3.05) is 18.5 Å². The van der Waals surface area contributed by atoms with Crippen molar-refractivity contribution in [3.8, 4) is 11.5 Å². The first-order valence-corrected chi connectivity index (χ1v) is 8.64. The van der Waals surface area contributed by atoms with Gasteiger partial charge in [0.2, 0.25) is 5.91 Å². The van der Waals surface area contributed by atoms with Gasteiger partial charge in [0.15, 0.2) is 11.5 Å². The van der Waals surface area contributed by atoms with Crippen molar-refractivity contribution in [2.45, 2.75) is 6.42 Å². The van der Waals surface area contributed by atoms with Gasteiger partial charge in [0, 0.05) is 30.0 Å². The Labute approximate surface area is 155 Å². The summed E-state index contributed by atoms with van der Waals surface area (Å²) < 4.78 is 16.8. The van der Waals surface area contributed by atoms with Gasteiger partial charge in [0.05, 0.1) is 23.9 Å². The van der Waals surface area contributed by atoms with Crippen LogP contribution in [0.4, 0.5) is 5.69 Å². The molecule has 6 heteroatoms. The molecule has 0 saturated heterocycles. The fourth-order valence-electron chi connectivity index (χ4n) is 2.70. The molecule has 0 aliphatic carbocycles. The minimum Gasteiger partial charge on any atom is -0.490 e. The van der Waals surface area contributed by atoms with Gasteiger partial charge in [-0.15, -0.1) is 0 Å². The Bertz CT molecular complexity index is 960. The normalized spacial score (nSPS) is 13.7. The van der Waals surface area contributed by atoms with Gasteiger partial charge in [-0.2, -0.15) is 0 Å². The lowest BCUT2D eigenvalue weighted by Crippen LogP contribution is -2.08. The Balaban J connectivity index is 1.50. The molecular weight excluding hydrogens is 354 g/mol. The summed E-state index contributed by atoms with van der Waals surface area (Å²) in [4.78, 5) is 12.2. The maximum absolute atomic E-state index is 12.2. The second-order valence-corrected chi connectivity index (χ2v) is 6.25. The summed E-state index contributed by atoms with van der Waals surface area (Å²) in [5, 5.41) is 4.12. The third-order valence-corrected chi connectivity index (χ3v) is 4.25. The van der Waals surface area contributed by atoms with Gasteiger partial charge in [-0.25, -0.2) is 0 Å². The van der Waals surface area contributed by atoms with Crippen molar-refractivity contribution in [3.63, 3.8) is 0 Å². The van der Waals surface area contributed by atoms with Gasteiger partial charge in [-0.3, -0.25) is 4.79 Å². The van der Waals surface area contributed by atoms with Crippen molar-refractivity contribution in [1.29, 1.82) is 0 Å². The zero-order valence-electron chi connectivity index (χ0n) is 13.8. The third kappa shape index (κ3) is 3.53. The summed E-state index contributed by atoms with van der Waals surface area (Å²) in [6.07, 6.45) is 3.82. The fourth-order valence-corrected chi connectivity index (χ4v) is 2.90. The Morgan fingerprint density at radius 1 is 1.08 bits per heavy atom. The van der Waals surface area contributed by atoms with E-state index in [2.05, 4.69) is 5.32 Å². The molecular formula is C20H16ClNO4.